The lowest BCUT2D eigenvalue weighted by molar-refractivity contribution is -0.121. The van der Waals surface area contributed by atoms with E-state index >= 15 is 0 Å². The van der Waals surface area contributed by atoms with Gasteiger partial charge in [0.05, 0.1) is 5.02 Å². The van der Waals surface area contributed by atoms with E-state index in [0.29, 0.717) is 16.3 Å². The Morgan fingerprint density at radius 3 is 2.65 bits per heavy atom. The third-order valence-electron chi connectivity index (χ3n) is 3.08. The van der Waals surface area contributed by atoms with E-state index in [4.69, 9.17) is 28.6 Å². The van der Waals surface area contributed by atoms with Gasteiger partial charge in [0.2, 0.25) is 0 Å². The molecule has 2 rings (SSSR count). The molecular weight excluding hydrogens is 442 g/mol. The summed E-state index contributed by atoms with van der Waals surface area (Å²) in [4.78, 5) is 23.8. The standard InChI is InChI=1S/C17H15BrClN3O3S/c1-10-3-2-4-11(7-10)16(24)21-22-17(26)20-15(23)9-25-14-6-5-12(18)8-13(14)19/h2-8H,9H2,1H3,(H,21,24)(H2,20,22,23,26). The number of rotatable bonds is 4. The Balaban J connectivity index is 1.76. The van der Waals surface area contributed by atoms with Gasteiger partial charge in [-0.15, -0.1) is 0 Å². The van der Waals surface area contributed by atoms with Gasteiger partial charge in [-0.3, -0.25) is 25.8 Å². The summed E-state index contributed by atoms with van der Waals surface area (Å²) in [6.07, 6.45) is 0. The van der Waals surface area contributed by atoms with E-state index in [1.807, 2.05) is 13.0 Å². The first-order valence-corrected chi connectivity index (χ1v) is 8.98. The maximum Gasteiger partial charge on any atom is 0.269 e. The molecule has 0 fully saturated rings. The van der Waals surface area contributed by atoms with Gasteiger partial charge in [0, 0.05) is 10.0 Å². The molecule has 0 heterocycles. The maximum atomic E-state index is 12.0. The van der Waals surface area contributed by atoms with Crippen LogP contribution in [0.1, 0.15) is 15.9 Å². The van der Waals surface area contributed by atoms with E-state index < -0.39 is 5.91 Å². The Morgan fingerprint density at radius 1 is 1.19 bits per heavy atom. The van der Waals surface area contributed by atoms with Crippen molar-refractivity contribution in [3.8, 4) is 5.75 Å². The quantitative estimate of drug-likeness (QED) is 0.487. The highest BCUT2D eigenvalue weighted by Crippen LogP contribution is 2.27. The van der Waals surface area contributed by atoms with Gasteiger partial charge in [-0.05, 0) is 49.5 Å². The lowest BCUT2D eigenvalue weighted by Crippen LogP contribution is -2.49. The molecule has 0 saturated heterocycles. The van der Waals surface area contributed by atoms with E-state index in [-0.39, 0.29) is 17.6 Å². The molecule has 0 aliphatic carbocycles. The number of aryl methyl sites for hydroxylation is 1. The number of thiocarbonyl (C=S) groups is 1. The van der Waals surface area contributed by atoms with E-state index in [1.165, 1.54) is 0 Å². The van der Waals surface area contributed by atoms with Gasteiger partial charge in [-0.2, -0.15) is 0 Å². The summed E-state index contributed by atoms with van der Waals surface area (Å²) in [6.45, 7) is 1.60. The molecule has 0 atom stereocenters. The highest BCUT2D eigenvalue weighted by Gasteiger charge is 2.10. The summed E-state index contributed by atoms with van der Waals surface area (Å²) in [5.74, 6) is -0.494. The van der Waals surface area contributed by atoms with Crippen LogP contribution in [0.3, 0.4) is 0 Å². The predicted octanol–water partition coefficient (Wildman–Crippen LogP) is 3.13. The Bertz CT molecular complexity index is 848. The Hall–Kier alpha value is -2.16. The molecule has 0 aliphatic rings. The number of hydrogen-bond donors (Lipinski definition) is 3. The topological polar surface area (TPSA) is 79.5 Å². The first kappa shape index (κ1) is 20.2. The molecule has 0 radical (unpaired) electrons. The predicted molar refractivity (Wildman–Crippen MR) is 107 cm³/mol. The summed E-state index contributed by atoms with van der Waals surface area (Å²) in [6, 6.07) is 12.1. The van der Waals surface area contributed by atoms with Gasteiger partial charge >= 0.3 is 0 Å². The zero-order chi connectivity index (χ0) is 19.1. The van der Waals surface area contributed by atoms with Gasteiger partial charge < -0.3 is 4.74 Å². The van der Waals surface area contributed by atoms with Crippen LogP contribution in [0.25, 0.3) is 0 Å². The zero-order valence-electron chi connectivity index (χ0n) is 13.6. The fourth-order valence-electron chi connectivity index (χ4n) is 1.90. The van der Waals surface area contributed by atoms with Gasteiger partial charge in [0.25, 0.3) is 11.8 Å². The Kier molecular flexibility index (Phi) is 7.38. The lowest BCUT2D eigenvalue weighted by Gasteiger charge is -2.12. The van der Waals surface area contributed by atoms with Crippen LogP contribution < -0.4 is 20.9 Å². The minimum atomic E-state index is -0.494. The molecule has 0 saturated carbocycles. The van der Waals surface area contributed by atoms with Crippen molar-refractivity contribution < 1.29 is 14.3 Å². The lowest BCUT2D eigenvalue weighted by atomic mass is 10.1. The molecule has 0 aliphatic heterocycles. The Morgan fingerprint density at radius 2 is 1.96 bits per heavy atom. The van der Waals surface area contributed by atoms with Crippen LogP contribution in [0.5, 0.6) is 5.75 Å². The van der Waals surface area contributed by atoms with Crippen molar-refractivity contribution in [2.75, 3.05) is 6.61 Å². The number of hydrazine groups is 1. The number of amides is 2. The second-order valence-electron chi connectivity index (χ2n) is 5.19. The largest absolute Gasteiger partial charge is 0.482 e. The smallest absolute Gasteiger partial charge is 0.269 e. The number of benzene rings is 2. The van der Waals surface area contributed by atoms with Crippen molar-refractivity contribution in [3.05, 3.63) is 63.1 Å². The molecule has 9 heteroatoms. The average molecular weight is 457 g/mol. The summed E-state index contributed by atoms with van der Waals surface area (Å²) in [7, 11) is 0. The molecule has 0 spiro atoms. The van der Waals surface area contributed by atoms with E-state index in [0.717, 1.165) is 10.0 Å². The zero-order valence-corrected chi connectivity index (χ0v) is 16.8. The Labute approximate surface area is 169 Å². The fraction of sp³-hybridized carbons (Fsp3) is 0.118. The van der Waals surface area contributed by atoms with Crippen LogP contribution in [0.2, 0.25) is 5.02 Å². The van der Waals surface area contributed by atoms with Crippen LogP contribution in [0.4, 0.5) is 0 Å². The first-order chi connectivity index (χ1) is 12.3. The minimum Gasteiger partial charge on any atom is -0.482 e. The van der Waals surface area contributed by atoms with Crippen LogP contribution in [0, 0.1) is 6.92 Å². The van der Waals surface area contributed by atoms with Crippen LogP contribution in [-0.2, 0) is 4.79 Å². The van der Waals surface area contributed by atoms with Crippen LogP contribution in [-0.4, -0.2) is 23.5 Å². The molecular formula is C17H15BrClN3O3S. The molecule has 2 aromatic carbocycles. The van der Waals surface area contributed by atoms with E-state index in [9.17, 15) is 9.59 Å². The average Bonchev–Trinajstić information content (AvgIpc) is 2.59. The molecule has 0 unspecified atom stereocenters. The highest BCUT2D eigenvalue weighted by molar-refractivity contribution is 9.10. The number of nitrogens with one attached hydrogen (secondary N) is 3. The SMILES string of the molecule is Cc1cccc(C(=O)NNC(=S)NC(=O)COc2ccc(Br)cc2Cl)c1. The molecule has 2 amide bonds. The number of hydrogen-bond acceptors (Lipinski definition) is 4. The van der Waals surface area contributed by atoms with Gasteiger partial charge in [0.1, 0.15) is 5.75 Å². The third kappa shape index (κ3) is 6.29. The molecule has 26 heavy (non-hydrogen) atoms. The van der Waals surface area contributed by atoms with Crippen molar-refractivity contribution in [1.82, 2.24) is 16.2 Å². The molecule has 2 aromatic rings. The molecule has 3 N–H and O–H groups in total. The normalized spacial score (nSPS) is 9.96. The summed E-state index contributed by atoms with van der Waals surface area (Å²) in [5, 5.41) is 2.71. The summed E-state index contributed by atoms with van der Waals surface area (Å²) >= 11 is 14.2. The second kappa shape index (κ2) is 9.51. The number of halogens is 2. The van der Waals surface area contributed by atoms with E-state index in [1.54, 1.807) is 36.4 Å². The maximum absolute atomic E-state index is 12.0. The highest BCUT2D eigenvalue weighted by atomic mass is 79.9. The van der Waals surface area contributed by atoms with Crippen molar-refractivity contribution in [3.63, 3.8) is 0 Å². The monoisotopic (exact) mass is 455 g/mol. The first-order valence-electron chi connectivity index (χ1n) is 7.40. The molecule has 0 aromatic heterocycles. The number of carbonyl (C=O) groups is 2. The van der Waals surface area contributed by atoms with Crippen molar-refractivity contribution in [2.24, 2.45) is 0 Å². The number of ether oxygens (including phenoxy) is 1. The van der Waals surface area contributed by atoms with Gasteiger partial charge in [0.15, 0.2) is 11.7 Å². The second-order valence-corrected chi connectivity index (χ2v) is 6.92. The molecule has 136 valence electrons. The molecule has 6 nitrogen and oxygen atoms in total. The summed E-state index contributed by atoms with van der Waals surface area (Å²) < 4.78 is 6.12. The summed E-state index contributed by atoms with van der Waals surface area (Å²) in [5.41, 5.74) is 6.30. The van der Waals surface area contributed by atoms with Gasteiger partial charge in [-0.1, -0.05) is 45.2 Å². The van der Waals surface area contributed by atoms with E-state index in [2.05, 4.69) is 32.1 Å². The van der Waals surface area contributed by atoms with Gasteiger partial charge in [-0.25, -0.2) is 0 Å². The van der Waals surface area contributed by atoms with Crippen molar-refractivity contribution >= 4 is 56.7 Å². The van der Waals surface area contributed by atoms with Crippen LogP contribution >= 0.6 is 39.7 Å². The van der Waals surface area contributed by atoms with Crippen molar-refractivity contribution in [1.29, 1.82) is 0 Å². The number of carbonyl (C=O) groups excluding carboxylic acids is 2. The molecule has 0 bridgehead atoms. The minimum absolute atomic E-state index is 0.0542. The third-order valence-corrected chi connectivity index (χ3v) is 4.07. The van der Waals surface area contributed by atoms with Crippen LogP contribution in [0.15, 0.2) is 46.9 Å². The van der Waals surface area contributed by atoms with Crippen molar-refractivity contribution in [2.45, 2.75) is 6.92 Å². The fourth-order valence-corrected chi connectivity index (χ4v) is 2.79.